The minimum Gasteiger partial charge on any atom is -0.351 e. The topological polar surface area (TPSA) is 83.0 Å². The smallest absolute Gasteiger partial charge is 0.270 e. The molecule has 0 bridgehead atoms. The average molecular weight is 405 g/mol. The Kier molecular flexibility index (Phi) is 4.40. The first kappa shape index (κ1) is 17.7. The summed E-state index contributed by atoms with van der Waals surface area (Å²) in [5, 5.41) is 5.96. The van der Waals surface area contributed by atoms with E-state index < -0.39 is 6.04 Å². The lowest BCUT2D eigenvalue weighted by Gasteiger charge is -2.33. The number of aromatic nitrogens is 3. The van der Waals surface area contributed by atoms with E-state index in [-0.39, 0.29) is 11.8 Å². The molecule has 7 nitrogen and oxygen atoms in total. The van der Waals surface area contributed by atoms with Crippen LogP contribution in [-0.4, -0.2) is 37.8 Å². The Balaban J connectivity index is 1.38. The number of imidazole rings is 1. The van der Waals surface area contributed by atoms with Gasteiger partial charge in [-0.3, -0.25) is 9.59 Å². The van der Waals surface area contributed by atoms with Gasteiger partial charge in [0.2, 0.25) is 5.91 Å². The molecule has 3 aromatic heterocycles. The number of para-hydroxylation sites is 1. The van der Waals surface area contributed by atoms with E-state index in [0.29, 0.717) is 25.3 Å². The highest BCUT2D eigenvalue weighted by atomic mass is 32.1. The summed E-state index contributed by atoms with van der Waals surface area (Å²) in [7, 11) is 0. The van der Waals surface area contributed by atoms with Crippen LogP contribution in [0.25, 0.3) is 10.9 Å². The number of hydrogen-bond acceptors (Lipinski definition) is 4. The number of carbonyl (C=O) groups excluding carboxylic acids is 2. The number of thiophene rings is 1. The Bertz CT molecular complexity index is 1140. The van der Waals surface area contributed by atoms with Crippen LogP contribution in [0.2, 0.25) is 0 Å². The molecule has 1 aromatic carbocycles. The van der Waals surface area contributed by atoms with Crippen molar-refractivity contribution in [2.45, 2.75) is 19.1 Å². The number of H-pyrrole nitrogens is 1. The number of aromatic amines is 1. The number of benzene rings is 1. The van der Waals surface area contributed by atoms with E-state index in [0.717, 1.165) is 21.5 Å². The molecule has 0 unspecified atom stereocenters. The van der Waals surface area contributed by atoms with Crippen LogP contribution >= 0.6 is 11.3 Å². The van der Waals surface area contributed by atoms with Crippen molar-refractivity contribution in [3.8, 4) is 0 Å². The Morgan fingerprint density at radius 3 is 2.97 bits per heavy atom. The molecular weight excluding hydrogens is 386 g/mol. The zero-order chi connectivity index (χ0) is 19.8. The van der Waals surface area contributed by atoms with Gasteiger partial charge in [0.15, 0.2) is 0 Å². The molecular formula is C21H19N5O2S. The number of amides is 2. The van der Waals surface area contributed by atoms with Crippen molar-refractivity contribution in [1.29, 1.82) is 0 Å². The summed E-state index contributed by atoms with van der Waals surface area (Å²) >= 11 is 1.60. The van der Waals surface area contributed by atoms with Gasteiger partial charge in [0, 0.05) is 22.0 Å². The van der Waals surface area contributed by atoms with Gasteiger partial charge in [-0.2, -0.15) is 0 Å². The normalized spacial score (nSPS) is 16.0. The molecule has 4 aromatic rings. The summed E-state index contributed by atoms with van der Waals surface area (Å²) in [6.07, 6.45) is 3.37. The second-order valence-corrected chi connectivity index (χ2v) is 8.09. The van der Waals surface area contributed by atoms with E-state index in [1.807, 2.05) is 52.4 Å². The Hall–Kier alpha value is -3.39. The summed E-state index contributed by atoms with van der Waals surface area (Å²) in [6.45, 7) is 1.20. The highest BCUT2D eigenvalue weighted by Gasteiger charge is 2.33. The monoisotopic (exact) mass is 405 g/mol. The fraction of sp³-hybridized carbons (Fsp3) is 0.190. The van der Waals surface area contributed by atoms with Gasteiger partial charge in [-0.05, 0) is 23.6 Å². The highest BCUT2D eigenvalue weighted by molar-refractivity contribution is 7.09. The quantitative estimate of drug-likeness (QED) is 0.548. The van der Waals surface area contributed by atoms with E-state index in [1.54, 1.807) is 28.8 Å². The third-order valence-electron chi connectivity index (χ3n) is 5.20. The molecule has 2 N–H and O–H groups in total. The van der Waals surface area contributed by atoms with E-state index in [4.69, 9.17) is 0 Å². The van der Waals surface area contributed by atoms with Gasteiger partial charge in [-0.15, -0.1) is 11.3 Å². The Morgan fingerprint density at radius 2 is 2.14 bits per heavy atom. The summed E-state index contributed by atoms with van der Waals surface area (Å²) in [5.41, 5.74) is 2.29. The predicted octanol–water partition coefficient (Wildman–Crippen LogP) is 2.94. The van der Waals surface area contributed by atoms with Crippen molar-refractivity contribution in [2.75, 3.05) is 6.54 Å². The van der Waals surface area contributed by atoms with Crippen LogP contribution < -0.4 is 5.32 Å². The van der Waals surface area contributed by atoms with E-state index >= 15 is 0 Å². The molecule has 0 radical (unpaired) electrons. The van der Waals surface area contributed by atoms with Crippen LogP contribution in [0.3, 0.4) is 0 Å². The highest BCUT2D eigenvalue weighted by Crippen LogP contribution is 2.24. The lowest BCUT2D eigenvalue weighted by molar-refractivity contribution is -0.125. The Morgan fingerprint density at radius 1 is 1.24 bits per heavy atom. The molecule has 146 valence electrons. The van der Waals surface area contributed by atoms with Crippen molar-refractivity contribution in [3.05, 3.63) is 76.6 Å². The molecule has 4 heterocycles. The van der Waals surface area contributed by atoms with Crippen molar-refractivity contribution in [2.24, 2.45) is 0 Å². The largest absolute Gasteiger partial charge is 0.351 e. The maximum atomic E-state index is 13.1. The molecule has 29 heavy (non-hydrogen) atoms. The summed E-state index contributed by atoms with van der Waals surface area (Å²) in [4.78, 5) is 36.2. The minimum absolute atomic E-state index is 0.119. The van der Waals surface area contributed by atoms with Crippen molar-refractivity contribution < 1.29 is 9.59 Å². The lowest BCUT2D eigenvalue weighted by Crippen LogP contribution is -2.46. The minimum atomic E-state index is -0.505. The van der Waals surface area contributed by atoms with E-state index in [9.17, 15) is 9.59 Å². The number of carbonyl (C=O) groups is 2. The number of rotatable bonds is 4. The third kappa shape index (κ3) is 3.31. The zero-order valence-corrected chi connectivity index (χ0v) is 16.4. The van der Waals surface area contributed by atoms with Gasteiger partial charge in [0.1, 0.15) is 11.7 Å². The Labute approximate surface area is 171 Å². The third-order valence-corrected chi connectivity index (χ3v) is 6.07. The van der Waals surface area contributed by atoms with Crippen LogP contribution in [0.1, 0.15) is 27.1 Å². The van der Waals surface area contributed by atoms with Gasteiger partial charge in [-0.25, -0.2) is 4.98 Å². The van der Waals surface area contributed by atoms with Gasteiger partial charge >= 0.3 is 0 Å². The molecule has 1 aliphatic rings. The van der Waals surface area contributed by atoms with Crippen LogP contribution in [-0.2, 0) is 17.9 Å². The number of hydrogen-bond donors (Lipinski definition) is 2. The maximum absolute atomic E-state index is 13.1. The van der Waals surface area contributed by atoms with Crippen LogP contribution in [0.5, 0.6) is 0 Å². The van der Waals surface area contributed by atoms with Gasteiger partial charge in [0.25, 0.3) is 5.91 Å². The first-order valence-electron chi connectivity index (χ1n) is 9.37. The molecule has 5 rings (SSSR count). The molecule has 8 heteroatoms. The summed E-state index contributed by atoms with van der Waals surface area (Å²) < 4.78 is 1.86. The van der Waals surface area contributed by atoms with Gasteiger partial charge in [0.05, 0.1) is 31.7 Å². The first-order valence-corrected chi connectivity index (χ1v) is 10.2. The molecule has 0 fully saturated rings. The number of nitrogens with zero attached hydrogens (tertiary/aromatic N) is 3. The van der Waals surface area contributed by atoms with Crippen molar-refractivity contribution in [1.82, 2.24) is 24.8 Å². The van der Waals surface area contributed by atoms with Gasteiger partial charge in [-0.1, -0.05) is 24.3 Å². The molecule has 0 aliphatic carbocycles. The van der Waals surface area contributed by atoms with Crippen molar-refractivity contribution in [3.63, 3.8) is 0 Å². The standard InChI is InChI=1S/C21H19N5O2S/c27-20(23-10-16-5-3-7-29-16)19-12-25(11-15-9-22-13-26(15)19)21(28)18-8-14-4-1-2-6-17(14)24-18/h1-9,13,19,24H,10-12H2,(H,23,27)/t19-/m0/s1. The molecule has 2 amide bonds. The van der Waals surface area contributed by atoms with Crippen LogP contribution in [0.15, 0.2) is 60.4 Å². The second kappa shape index (κ2) is 7.21. The summed E-state index contributed by atoms with van der Waals surface area (Å²) in [6, 6.07) is 13.1. The fourth-order valence-corrected chi connectivity index (χ4v) is 4.36. The van der Waals surface area contributed by atoms with Crippen molar-refractivity contribution >= 4 is 34.1 Å². The number of fused-ring (bicyclic) bond motifs is 2. The molecule has 1 atom stereocenters. The molecule has 0 saturated heterocycles. The molecule has 0 spiro atoms. The van der Waals surface area contributed by atoms with E-state index in [1.165, 1.54) is 0 Å². The molecule has 0 saturated carbocycles. The van der Waals surface area contributed by atoms with Crippen LogP contribution in [0, 0.1) is 0 Å². The SMILES string of the molecule is O=C(NCc1cccs1)[C@@H]1CN(C(=O)c2cc3ccccc3[nH]2)Cc2cncn21. The lowest BCUT2D eigenvalue weighted by atomic mass is 10.1. The molecule has 1 aliphatic heterocycles. The zero-order valence-electron chi connectivity index (χ0n) is 15.5. The average Bonchev–Trinajstić information content (AvgIpc) is 3.50. The summed E-state index contributed by atoms with van der Waals surface area (Å²) in [5.74, 6) is -0.239. The number of nitrogens with one attached hydrogen (secondary N) is 2. The van der Waals surface area contributed by atoms with Gasteiger partial charge < -0.3 is 19.8 Å². The predicted molar refractivity (Wildman–Crippen MR) is 110 cm³/mol. The second-order valence-electron chi connectivity index (χ2n) is 7.06. The van der Waals surface area contributed by atoms with E-state index in [2.05, 4.69) is 15.3 Å². The maximum Gasteiger partial charge on any atom is 0.270 e. The first-order chi connectivity index (χ1) is 14.2. The fourth-order valence-electron chi connectivity index (χ4n) is 3.72. The van der Waals surface area contributed by atoms with Crippen LogP contribution in [0.4, 0.5) is 0 Å².